The zero-order chi connectivity index (χ0) is 23.4. The first-order chi connectivity index (χ1) is 15.2. The highest BCUT2D eigenvalue weighted by molar-refractivity contribution is 14.1. The molecule has 0 unspecified atom stereocenters. The number of aliphatic imine (C=N–C) groups is 2. The molecule has 0 saturated carbocycles. The van der Waals surface area contributed by atoms with Crippen molar-refractivity contribution in [3.63, 3.8) is 0 Å². The van der Waals surface area contributed by atoms with E-state index in [-0.39, 0.29) is 38.8 Å². The van der Waals surface area contributed by atoms with Gasteiger partial charge in [0.2, 0.25) is 0 Å². The third kappa shape index (κ3) is 4.98. The monoisotopic (exact) mass is 553 g/mol. The van der Waals surface area contributed by atoms with Crippen LogP contribution in [-0.2, 0) is 4.79 Å². The molecule has 0 fully saturated rings. The predicted molar refractivity (Wildman–Crippen MR) is 124 cm³/mol. The molecule has 1 aliphatic heterocycles. The van der Waals surface area contributed by atoms with Crippen molar-refractivity contribution >= 4 is 52.2 Å². The van der Waals surface area contributed by atoms with Crippen molar-refractivity contribution < 1.29 is 23.1 Å². The summed E-state index contributed by atoms with van der Waals surface area (Å²) in [6.45, 7) is 1.61. The molecule has 2 aromatic rings. The fraction of sp³-hybridized carbons (Fsp3) is 0.190. The first-order valence-corrected chi connectivity index (χ1v) is 10.4. The summed E-state index contributed by atoms with van der Waals surface area (Å²) in [6, 6.07) is 6.63. The molecule has 32 heavy (non-hydrogen) atoms. The molecule has 0 N–H and O–H groups in total. The lowest BCUT2D eigenvalue weighted by atomic mass is 10.2. The molecule has 1 aromatic heterocycles. The van der Waals surface area contributed by atoms with Gasteiger partial charge >= 0.3 is 6.09 Å². The summed E-state index contributed by atoms with van der Waals surface area (Å²) in [4.78, 5) is 39.6. The second kappa shape index (κ2) is 9.94. The normalized spacial score (nSPS) is 13.9. The largest absolute Gasteiger partial charge is 0.414 e. The predicted octanol–water partition coefficient (Wildman–Crippen LogP) is 3.95. The zero-order valence-corrected chi connectivity index (χ0v) is 19.5. The SMILES string of the molecule is CC(=NC(=O)C1=C(I)N(c2c(F)cccc2F)CC=N1)c1ncccc1OC(=O)N(C)C. The van der Waals surface area contributed by atoms with E-state index in [4.69, 9.17) is 4.74 Å². The molecule has 1 aliphatic rings. The summed E-state index contributed by atoms with van der Waals surface area (Å²) in [5.74, 6) is -2.13. The van der Waals surface area contributed by atoms with Gasteiger partial charge in [-0.3, -0.25) is 14.8 Å². The molecule has 0 bridgehead atoms. The quantitative estimate of drug-likeness (QED) is 0.325. The molecule has 8 nitrogen and oxygen atoms in total. The van der Waals surface area contributed by atoms with E-state index in [2.05, 4.69) is 15.0 Å². The number of pyridine rings is 1. The highest BCUT2D eigenvalue weighted by Gasteiger charge is 2.26. The Labute approximate surface area is 196 Å². The molecular formula is C21H18F2IN5O3. The molecule has 3 rings (SSSR count). The molecule has 0 saturated heterocycles. The molecule has 0 radical (unpaired) electrons. The number of nitrogens with zero attached hydrogens (tertiary/aromatic N) is 5. The summed E-state index contributed by atoms with van der Waals surface area (Å²) < 4.78 is 34.0. The number of hydrogen-bond donors (Lipinski definition) is 0. The van der Waals surface area contributed by atoms with Gasteiger partial charge in [-0.05, 0) is 53.8 Å². The second-order valence-electron chi connectivity index (χ2n) is 6.75. The number of amides is 2. The Balaban J connectivity index is 1.94. The first-order valence-electron chi connectivity index (χ1n) is 9.28. The van der Waals surface area contributed by atoms with E-state index in [1.807, 2.05) is 0 Å². The van der Waals surface area contributed by atoms with E-state index in [1.165, 1.54) is 55.4 Å². The Hall–Kier alpha value is -3.22. The average Bonchev–Trinajstić information content (AvgIpc) is 2.74. The molecule has 1 aromatic carbocycles. The molecule has 0 atom stereocenters. The maximum atomic E-state index is 14.3. The number of ether oxygens (including phenoxy) is 1. The molecule has 2 heterocycles. The summed E-state index contributed by atoms with van der Waals surface area (Å²) in [5.41, 5.74) is 0.0139. The number of hydrogen-bond acceptors (Lipinski definition) is 6. The van der Waals surface area contributed by atoms with Crippen molar-refractivity contribution in [2.45, 2.75) is 6.92 Å². The Morgan fingerprint density at radius 3 is 2.53 bits per heavy atom. The fourth-order valence-corrected chi connectivity index (χ4v) is 3.55. The van der Waals surface area contributed by atoms with Crippen molar-refractivity contribution in [3.05, 3.63) is 63.3 Å². The maximum Gasteiger partial charge on any atom is 0.414 e. The van der Waals surface area contributed by atoms with Crippen LogP contribution in [0, 0.1) is 11.6 Å². The van der Waals surface area contributed by atoms with E-state index in [9.17, 15) is 18.4 Å². The third-order valence-electron chi connectivity index (χ3n) is 4.27. The second-order valence-corrected chi connectivity index (χ2v) is 7.77. The van der Waals surface area contributed by atoms with E-state index in [0.29, 0.717) is 0 Å². The van der Waals surface area contributed by atoms with E-state index < -0.39 is 23.6 Å². The minimum Gasteiger partial charge on any atom is -0.408 e. The van der Waals surface area contributed by atoms with Gasteiger partial charge < -0.3 is 14.5 Å². The number of anilines is 1. The lowest BCUT2D eigenvalue weighted by molar-refractivity contribution is -0.114. The number of aromatic nitrogens is 1. The van der Waals surface area contributed by atoms with Crippen LogP contribution in [-0.4, -0.2) is 54.5 Å². The van der Waals surface area contributed by atoms with Crippen LogP contribution in [0.4, 0.5) is 19.3 Å². The molecule has 2 amide bonds. The smallest absolute Gasteiger partial charge is 0.408 e. The van der Waals surface area contributed by atoms with Crippen LogP contribution < -0.4 is 9.64 Å². The van der Waals surface area contributed by atoms with Crippen molar-refractivity contribution in [1.29, 1.82) is 0 Å². The highest BCUT2D eigenvalue weighted by atomic mass is 127. The molecule has 0 spiro atoms. The number of rotatable bonds is 4. The van der Waals surface area contributed by atoms with Gasteiger partial charge in [0, 0.05) is 26.5 Å². The number of carbonyl (C=O) groups is 2. The number of benzene rings is 1. The van der Waals surface area contributed by atoms with Crippen LogP contribution in [0.15, 0.2) is 55.9 Å². The standard InChI is InChI=1S/C21H18F2IN5O3/c1-12(16-15(8-5-9-25-16)32-21(31)28(2)3)27-20(30)17-19(24)29(11-10-26-17)18-13(22)6-4-7-14(18)23/h4-10H,11H2,1-3H3. The fourth-order valence-electron chi connectivity index (χ4n) is 2.74. The summed E-state index contributed by atoms with van der Waals surface area (Å²) >= 11 is 1.80. The van der Waals surface area contributed by atoms with Gasteiger partial charge in [-0.15, -0.1) is 0 Å². The van der Waals surface area contributed by atoms with Gasteiger partial charge in [-0.1, -0.05) is 6.07 Å². The molecule has 166 valence electrons. The minimum absolute atomic E-state index is 0.0818. The zero-order valence-electron chi connectivity index (χ0n) is 17.3. The van der Waals surface area contributed by atoms with Crippen molar-refractivity contribution in [2.75, 3.05) is 25.5 Å². The Bertz CT molecular complexity index is 1140. The van der Waals surface area contributed by atoms with Crippen LogP contribution in [0.3, 0.4) is 0 Å². The topological polar surface area (TPSA) is 87.5 Å². The van der Waals surface area contributed by atoms with Crippen molar-refractivity contribution in [3.8, 4) is 5.75 Å². The first kappa shape index (κ1) is 23.4. The van der Waals surface area contributed by atoms with Crippen LogP contribution in [0.5, 0.6) is 5.75 Å². The number of para-hydroxylation sites is 1. The molecular weight excluding hydrogens is 535 g/mol. The van der Waals surface area contributed by atoms with E-state index in [0.717, 1.165) is 12.1 Å². The Kier molecular flexibility index (Phi) is 7.28. The van der Waals surface area contributed by atoms with Gasteiger partial charge in [-0.2, -0.15) is 0 Å². The number of halogens is 3. The highest BCUT2D eigenvalue weighted by Crippen LogP contribution is 2.32. The Morgan fingerprint density at radius 2 is 1.88 bits per heavy atom. The molecule has 11 heteroatoms. The minimum atomic E-state index is -0.762. The number of carbonyl (C=O) groups excluding carboxylic acids is 2. The van der Waals surface area contributed by atoms with Crippen LogP contribution in [0.2, 0.25) is 0 Å². The summed E-state index contributed by atoms with van der Waals surface area (Å²) in [6.07, 6.45) is 2.23. The maximum absolute atomic E-state index is 14.3. The Morgan fingerprint density at radius 1 is 1.19 bits per heavy atom. The lowest BCUT2D eigenvalue weighted by Crippen LogP contribution is -2.29. The molecule has 0 aliphatic carbocycles. The third-order valence-corrected chi connectivity index (χ3v) is 5.37. The van der Waals surface area contributed by atoms with Gasteiger partial charge in [0.25, 0.3) is 5.91 Å². The van der Waals surface area contributed by atoms with Crippen molar-refractivity contribution in [1.82, 2.24) is 9.88 Å². The average molecular weight is 553 g/mol. The van der Waals surface area contributed by atoms with E-state index >= 15 is 0 Å². The summed E-state index contributed by atoms with van der Waals surface area (Å²) in [7, 11) is 3.06. The summed E-state index contributed by atoms with van der Waals surface area (Å²) in [5, 5.41) is 0. The van der Waals surface area contributed by atoms with Gasteiger partial charge in [-0.25, -0.2) is 18.6 Å². The van der Waals surface area contributed by atoms with Crippen LogP contribution in [0.1, 0.15) is 12.6 Å². The van der Waals surface area contributed by atoms with Gasteiger partial charge in [0.05, 0.1) is 12.3 Å². The van der Waals surface area contributed by atoms with E-state index in [1.54, 1.807) is 28.7 Å². The van der Waals surface area contributed by atoms with Crippen LogP contribution in [0.25, 0.3) is 0 Å². The van der Waals surface area contributed by atoms with Gasteiger partial charge in [0.1, 0.15) is 26.7 Å². The van der Waals surface area contributed by atoms with Crippen molar-refractivity contribution in [2.24, 2.45) is 9.98 Å². The van der Waals surface area contributed by atoms with Gasteiger partial charge in [0.15, 0.2) is 11.4 Å². The lowest BCUT2D eigenvalue weighted by Gasteiger charge is -2.26. The van der Waals surface area contributed by atoms with Crippen LogP contribution >= 0.6 is 22.6 Å².